The maximum absolute atomic E-state index is 8.32. The number of hydrogen-bond acceptors (Lipinski definition) is 7. The standard InChI is InChI=1S/C29H35N5O4/c1-19(16-37-17-21-8-4-7-11-23(21)35-2)28-32-26-27(30)31-18-34(29(26)33-28)15-20-12-13-24(36-3)25(14-20)38-22-9-5-6-10-22/h4,7-8,11-14,18-19,22,30H,5-6,9-10,15-17H2,1-3H3,(H,32,33). The average Bonchev–Trinajstić information content (AvgIpc) is 3.62. The van der Waals surface area contributed by atoms with Crippen LogP contribution in [0, 0.1) is 5.41 Å². The van der Waals surface area contributed by atoms with Crippen LogP contribution in [0.4, 0.5) is 0 Å². The smallest absolute Gasteiger partial charge is 0.173 e. The van der Waals surface area contributed by atoms with Crippen LogP contribution in [-0.2, 0) is 17.9 Å². The second kappa shape index (κ2) is 11.7. The lowest BCUT2D eigenvalue weighted by Gasteiger charge is -2.17. The van der Waals surface area contributed by atoms with E-state index in [0.717, 1.165) is 47.0 Å². The number of ether oxygens (including phenoxy) is 4. The SMILES string of the molecule is COc1ccccc1COCC(C)c1nc2c([nH]1)c(=N)ncn2Cc1ccc(OC)c(OC2CCCC2)c1. The number of nitrogens with zero attached hydrogens (tertiary/aromatic N) is 3. The summed E-state index contributed by atoms with van der Waals surface area (Å²) in [5.41, 5.74) is 3.50. The molecule has 1 saturated carbocycles. The lowest BCUT2D eigenvalue weighted by atomic mass is 10.2. The molecule has 0 aliphatic heterocycles. The first-order valence-electron chi connectivity index (χ1n) is 13.1. The maximum Gasteiger partial charge on any atom is 0.173 e. The molecule has 1 aliphatic rings. The molecule has 0 saturated heterocycles. The van der Waals surface area contributed by atoms with E-state index in [0.29, 0.717) is 30.9 Å². The highest BCUT2D eigenvalue weighted by Crippen LogP contribution is 2.33. The topological polar surface area (TPSA) is 107 Å². The van der Waals surface area contributed by atoms with Gasteiger partial charge in [0.15, 0.2) is 22.6 Å². The van der Waals surface area contributed by atoms with Crippen molar-refractivity contribution in [3.8, 4) is 17.2 Å². The van der Waals surface area contributed by atoms with Crippen molar-refractivity contribution in [3.63, 3.8) is 0 Å². The van der Waals surface area contributed by atoms with Gasteiger partial charge in [0.2, 0.25) is 0 Å². The summed E-state index contributed by atoms with van der Waals surface area (Å²) in [5, 5.41) is 8.32. The molecule has 0 amide bonds. The Labute approximate surface area is 222 Å². The number of H-pyrrole nitrogens is 1. The van der Waals surface area contributed by atoms with Gasteiger partial charge < -0.3 is 28.5 Å². The van der Waals surface area contributed by atoms with Gasteiger partial charge in [0.05, 0.1) is 46.4 Å². The summed E-state index contributed by atoms with van der Waals surface area (Å²) in [4.78, 5) is 12.5. The molecule has 1 unspecified atom stereocenters. The molecule has 0 bridgehead atoms. The third-order valence-electron chi connectivity index (χ3n) is 7.00. The van der Waals surface area contributed by atoms with Crippen molar-refractivity contribution in [2.24, 2.45) is 0 Å². The van der Waals surface area contributed by atoms with E-state index in [4.69, 9.17) is 29.3 Å². The van der Waals surface area contributed by atoms with Gasteiger partial charge in [-0.05, 0) is 49.4 Å². The zero-order valence-electron chi connectivity index (χ0n) is 22.2. The molecule has 1 fully saturated rings. The second-order valence-electron chi connectivity index (χ2n) is 9.78. The monoisotopic (exact) mass is 517 g/mol. The average molecular weight is 518 g/mol. The van der Waals surface area contributed by atoms with Crippen molar-refractivity contribution in [3.05, 3.63) is 71.2 Å². The Morgan fingerprint density at radius 2 is 1.84 bits per heavy atom. The number of hydrogen-bond donors (Lipinski definition) is 2. The molecule has 9 heteroatoms. The molecule has 2 aromatic carbocycles. The summed E-state index contributed by atoms with van der Waals surface area (Å²) in [6.45, 7) is 3.51. The summed E-state index contributed by atoms with van der Waals surface area (Å²) in [6, 6.07) is 13.8. The quantitative estimate of drug-likeness (QED) is 0.292. The molecule has 200 valence electrons. The minimum absolute atomic E-state index is 0.00245. The molecule has 2 heterocycles. The van der Waals surface area contributed by atoms with Crippen LogP contribution >= 0.6 is 0 Å². The van der Waals surface area contributed by atoms with E-state index in [-0.39, 0.29) is 17.5 Å². The van der Waals surface area contributed by atoms with Gasteiger partial charge in [0.25, 0.3) is 0 Å². The lowest BCUT2D eigenvalue weighted by molar-refractivity contribution is 0.107. The second-order valence-corrected chi connectivity index (χ2v) is 9.78. The highest BCUT2D eigenvalue weighted by atomic mass is 16.5. The Hall–Kier alpha value is -3.85. The van der Waals surface area contributed by atoms with Gasteiger partial charge in [-0.3, -0.25) is 5.41 Å². The number of methoxy groups -OCH3 is 2. The van der Waals surface area contributed by atoms with Gasteiger partial charge in [-0.25, -0.2) is 9.97 Å². The van der Waals surface area contributed by atoms with Crippen LogP contribution in [0.3, 0.4) is 0 Å². The zero-order chi connectivity index (χ0) is 26.5. The number of aromatic amines is 1. The third kappa shape index (κ3) is 5.67. The van der Waals surface area contributed by atoms with E-state index in [1.165, 1.54) is 12.8 Å². The number of imidazole rings is 1. The molecule has 2 aromatic heterocycles. The van der Waals surface area contributed by atoms with Crippen LogP contribution in [0.15, 0.2) is 48.8 Å². The van der Waals surface area contributed by atoms with Crippen LogP contribution < -0.4 is 19.7 Å². The summed E-state index contributed by atoms with van der Waals surface area (Å²) in [6.07, 6.45) is 6.47. The van der Waals surface area contributed by atoms with Crippen molar-refractivity contribution in [1.29, 1.82) is 5.41 Å². The molecule has 9 nitrogen and oxygen atoms in total. The summed E-state index contributed by atoms with van der Waals surface area (Å²) < 4.78 is 25.2. The first-order chi connectivity index (χ1) is 18.6. The fraction of sp³-hybridized carbons (Fsp3) is 0.414. The normalized spacial score (nSPS) is 14.6. The fourth-order valence-electron chi connectivity index (χ4n) is 4.89. The summed E-state index contributed by atoms with van der Waals surface area (Å²) in [5.74, 6) is 3.07. The van der Waals surface area contributed by atoms with Gasteiger partial charge >= 0.3 is 0 Å². The Morgan fingerprint density at radius 3 is 2.63 bits per heavy atom. The number of benzene rings is 2. The van der Waals surface area contributed by atoms with E-state index < -0.39 is 0 Å². The van der Waals surface area contributed by atoms with Gasteiger partial charge in [-0.15, -0.1) is 0 Å². The Bertz CT molecular complexity index is 1440. The van der Waals surface area contributed by atoms with Crippen LogP contribution in [0.2, 0.25) is 0 Å². The Kier molecular flexibility index (Phi) is 7.93. The predicted molar refractivity (Wildman–Crippen MR) is 144 cm³/mol. The van der Waals surface area contributed by atoms with Crippen LogP contribution in [0.1, 0.15) is 55.5 Å². The van der Waals surface area contributed by atoms with Gasteiger partial charge in [0.1, 0.15) is 17.1 Å². The van der Waals surface area contributed by atoms with Crippen molar-refractivity contribution >= 4 is 11.2 Å². The molecule has 0 radical (unpaired) electrons. The maximum atomic E-state index is 8.32. The number of aromatic nitrogens is 4. The van der Waals surface area contributed by atoms with Crippen molar-refractivity contribution in [2.75, 3.05) is 20.8 Å². The van der Waals surface area contributed by atoms with Gasteiger partial charge in [0, 0.05) is 11.5 Å². The van der Waals surface area contributed by atoms with Crippen molar-refractivity contribution in [2.45, 2.75) is 57.8 Å². The largest absolute Gasteiger partial charge is 0.496 e. The minimum atomic E-state index is -0.00245. The molecule has 5 rings (SSSR count). The lowest BCUT2D eigenvalue weighted by Crippen LogP contribution is -2.14. The molecule has 1 aliphatic carbocycles. The van der Waals surface area contributed by atoms with Crippen LogP contribution in [0.5, 0.6) is 17.2 Å². The summed E-state index contributed by atoms with van der Waals surface area (Å²) >= 11 is 0. The molecule has 4 aromatic rings. The van der Waals surface area contributed by atoms with E-state index in [1.54, 1.807) is 20.5 Å². The molecule has 0 spiro atoms. The third-order valence-corrected chi connectivity index (χ3v) is 7.00. The number of para-hydroxylation sites is 1. The highest BCUT2D eigenvalue weighted by molar-refractivity contribution is 5.69. The number of fused-ring (bicyclic) bond motifs is 1. The number of rotatable bonds is 11. The predicted octanol–water partition coefficient (Wildman–Crippen LogP) is 4.95. The highest BCUT2D eigenvalue weighted by Gasteiger charge is 2.19. The molecular formula is C29H35N5O4. The first-order valence-corrected chi connectivity index (χ1v) is 13.1. The minimum Gasteiger partial charge on any atom is -0.496 e. The molecule has 2 N–H and O–H groups in total. The van der Waals surface area contributed by atoms with Crippen molar-refractivity contribution < 1.29 is 18.9 Å². The van der Waals surface area contributed by atoms with Crippen LogP contribution in [-0.4, -0.2) is 46.4 Å². The first kappa shape index (κ1) is 25.8. The zero-order valence-corrected chi connectivity index (χ0v) is 22.2. The van der Waals surface area contributed by atoms with Crippen molar-refractivity contribution in [1.82, 2.24) is 19.5 Å². The van der Waals surface area contributed by atoms with E-state index >= 15 is 0 Å². The Morgan fingerprint density at radius 1 is 1.05 bits per heavy atom. The van der Waals surface area contributed by atoms with E-state index in [2.05, 4.69) is 16.9 Å². The van der Waals surface area contributed by atoms with E-state index in [1.807, 2.05) is 47.0 Å². The molecular weight excluding hydrogens is 482 g/mol. The molecule has 1 atom stereocenters. The Balaban J connectivity index is 1.32. The summed E-state index contributed by atoms with van der Waals surface area (Å²) in [7, 11) is 3.32. The number of nitrogens with one attached hydrogen (secondary N) is 2. The van der Waals surface area contributed by atoms with E-state index in [9.17, 15) is 0 Å². The van der Waals surface area contributed by atoms with Gasteiger partial charge in [-0.2, -0.15) is 0 Å². The molecule has 38 heavy (non-hydrogen) atoms. The van der Waals surface area contributed by atoms with Gasteiger partial charge in [-0.1, -0.05) is 31.2 Å². The fourth-order valence-corrected chi connectivity index (χ4v) is 4.89. The van der Waals surface area contributed by atoms with Crippen LogP contribution in [0.25, 0.3) is 11.2 Å².